The molecular weight excluding hydrogens is 641 g/mol. The lowest BCUT2D eigenvalue weighted by molar-refractivity contribution is 1.63. The molecule has 11 rings (SSSR count). The standard InChI is InChI=1S/C48H28S2/c1-2-11-29(12-3-1)46-35-16-4-6-18-37(35)47(38-19-7-5-17-36(38)46)33-14-10-13-30(25-33)31-22-24-44-41(26-31)42-28-40-32(27-45(42)49-44)21-23-39-34-15-8-9-20-43(34)50-48(39)40/h1-28H. The molecular formula is C48H28S2. The normalized spacial score (nSPS) is 12.0. The molecule has 11 aromatic rings. The fourth-order valence-corrected chi connectivity index (χ4v) is 10.5. The molecule has 0 bridgehead atoms. The van der Waals surface area contributed by atoms with Crippen LogP contribution in [-0.2, 0) is 0 Å². The van der Waals surface area contributed by atoms with E-state index in [0.717, 1.165) is 0 Å². The average Bonchev–Trinajstić information content (AvgIpc) is 3.74. The van der Waals surface area contributed by atoms with Crippen LogP contribution in [0.1, 0.15) is 0 Å². The summed E-state index contributed by atoms with van der Waals surface area (Å²) in [5.41, 5.74) is 7.55. The van der Waals surface area contributed by atoms with Crippen molar-refractivity contribution in [2.24, 2.45) is 0 Å². The summed E-state index contributed by atoms with van der Waals surface area (Å²) in [4.78, 5) is 0. The molecule has 232 valence electrons. The lowest BCUT2D eigenvalue weighted by Gasteiger charge is -2.18. The fourth-order valence-electron chi connectivity index (χ4n) is 8.17. The summed E-state index contributed by atoms with van der Waals surface area (Å²) in [7, 11) is 0. The predicted molar refractivity (Wildman–Crippen MR) is 221 cm³/mol. The first-order chi connectivity index (χ1) is 24.8. The van der Waals surface area contributed by atoms with Gasteiger partial charge in [0.15, 0.2) is 0 Å². The van der Waals surface area contributed by atoms with Gasteiger partial charge in [-0.1, -0.05) is 133 Å². The third-order valence-electron chi connectivity index (χ3n) is 10.4. The van der Waals surface area contributed by atoms with E-state index in [0.29, 0.717) is 0 Å². The van der Waals surface area contributed by atoms with Gasteiger partial charge in [0.25, 0.3) is 0 Å². The number of rotatable bonds is 3. The van der Waals surface area contributed by atoms with Crippen LogP contribution in [0.4, 0.5) is 0 Å². The molecule has 0 spiro atoms. The molecule has 50 heavy (non-hydrogen) atoms. The summed E-state index contributed by atoms with van der Waals surface area (Å²) in [6, 6.07) is 63.1. The number of hydrogen-bond acceptors (Lipinski definition) is 2. The molecule has 0 N–H and O–H groups in total. The molecule has 0 unspecified atom stereocenters. The highest BCUT2D eigenvalue weighted by Gasteiger charge is 2.17. The van der Waals surface area contributed by atoms with E-state index in [-0.39, 0.29) is 0 Å². The summed E-state index contributed by atoms with van der Waals surface area (Å²) in [5.74, 6) is 0. The second-order valence-electron chi connectivity index (χ2n) is 13.2. The highest BCUT2D eigenvalue weighted by atomic mass is 32.1. The summed E-state index contributed by atoms with van der Waals surface area (Å²) >= 11 is 3.81. The maximum Gasteiger partial charge on any atom is 0.0434 e. The van der Waals surface area contributed by atoms with Gasteiger partial charge in [0, 0.05) is 45.7 Å². The Bertz CT molecular complexity index is 3080. The minimum absolute atomic E-state index is 1.23. The van der Waals surface area contributed by atoms with E-state index >= 15 is 0 Å². The molecule has 0 aliphatic heterocycles. The van der Waals surface area contributed by atoms with Gasteiger partial charge in [-0.2, -0.15) is 0 Å². The SMILES string of the molecule is c1ccc(-c2c3ccccc3c(-c3cccc(-c4ccc5sc6cc7ccc8c9ccccc9sc8c7cc6c5c4)c3)c3ccccc23)cc1. The Morgan fingerprint density at radius 1 is 0.260 bits per heavy atom. The fraction of sp³-hybridized carbons (Fsp3) is 0. The Morgan fingerprint density at radius 3 is 1.60 bits per heavy atom. The van der Waals surface area contributed by atoms with E-state index in [9.17, 15) is 0 Å². The molecule has 0 nitrogen and oxygen atoms in total. The second-order valence-corrected chi connectivity index (χ2v) is 15.3. The highest BCUT2D eigenvalue weighted by molar-refractivity contribution is 7.27. The van der Waals surface area contributed by atoms with Gasteiger partial charge in [-0.05, 0) is 96.7 Å². The molecule has 9 aromatic carbocycles. The number of thiophene rings is 2. The number of benzene rings is 9. The van der Waals surface area contributed by atoms with E-state index in [2.05, 4.69) is 170 Å². The topological polar surface area (TPSA) is 0 Å². The van der Waals surface area contributed by atoms with Crippen LogP contribution in [0.2, 0.25) is 0 Å². The molecule has 0 amide bonds. The molecule has 0 fully saturated rings. The van der Waals surface area contributed by atoms with E-state index < -0.39 is 0 Å². The van der Waals surface area contributed by atoms with Crippen molar-refractivity contribution in [2.75, 3.05) is 0 Å². The molecule has 0 saturated carbocycles. The van der Waals surface area contributed by atoms with Crippen LogP contribution in [0.15, 0.2) is 170 Å². The Labute approximate surface area is 297 Å². The summed E-state index contributed by atoms with van der Waals surface area (Å²) in [6.07, 6.45) is 0. The second kappa shape index (κ2) is 10.9. The highest BCUT2D eigenvalue weighted by Crippen LogP contribution is 2.46. The van der Waals surface area contributed by atoms with Gasteiger partial charge in [-0.3, -0.25) is 0 Å². The first-order valence-corrected chi connectivity index (χ1v) is 18.7. The molecule has 2 aromatic heterocycles. The van der Waals surface area contributed by atoms with E-state index in [1.165, 1.54) is 106 Å². The molecule has 0 radical (unpaired) electrons. The quantitative estimate of drug-likeness (QED) is 0.164. The number of hydrogen-bond donors (Lipinski definition) is 0. The first kappa shape index (κ1) is 28.1. The average molecular weight is 669 g/mol. The minimum Gasteiger partial charge on any atom is -0.135 e. The Kier molecular flexibility index (Phi) is 6.09. The van der Waals surface area contributed by atoms with Crippen molar-refractivity contribution in [2.45, 2.75) is 0 Å². The van der Waals surface area contributed by atoms with Crippen molar-refractivity contribution in [3.63, 3.8) is 0 Å². The summed E-state index contributed by atoms with van der Waals surface area (Å²) in [6.45, 7) is 0. The van der Waals surface area contributed by atoms with Crippen molar-refractivity contribution < 1.29 is 0 Å². The van der Waals surface area contributed by atoms with Crippen LogP contribution < -0.4 is 0 Å². The first-order valence-electron chi connectivity index (χ1n) is 17.1. The zero-order chi connectivity index (χ0) is 32.8. The van der Waals surface area contributed by atoms with Gasteiger partial charge >= 0.3 is 0 Å². The Hall–Kier alpha value is -5.80. The maximum atomic E-state index is 2.45. The van der Waals surface area contributed by atoms with Gasteiger partial charge < -0.3 is 0 Å². The lowest BCUT2D eigenvalue weighted by atomic mass is 9.85. The van der Waals surface area contributed by atoms with Gasteiger partial charge in [0.05, 0.1) is 0 Å². The maximum absolute atomic E-state index is 2.45. The van der Waals surface area contributed by atoms with Gasteiger partial charge in [0.2, 0.25) is 0 Å². The van der Waals surface area contributed by atoms with Crippen LogP contribution >= 0.6 is 22.7 Å². The van der Waals surface area contributed by atoms with Gasteiger partial charge in [-0.25, -0.2) is 0 Å². The molecule has 2 heterocycles. The van der Waals surface area contributed by atoms with Crippen molar-refractivity contribution in [3.05, 3.63) is 170 Å². The smallest absolute Gasteiger partial charge is 0.0434 e. The van der Waals surface area contributed by atoms with Gasteiger partial charge in [0.1, 0.15) is 0 Å². The molecule has 2 heteroatoms. The third-order valence-corrected chi connectivity index (χ3v) is 12.8. The lowest BCUT2D eigenvalue weighted by Crippen LogP contribution is -1.91. The summed E-state index contributed by atoms with van der Waals surface area (Å²) < 4.78 is 5.40. The van der Waals surface area contributed by atoms with Crippen LogP contribution in [0.3, 0.4) is 0 Å². The molecule has 0 atom stereocenters. The van der Waals surface area contributed by atoms with Crippen molar-refractivity contribution >= 4 is 95.3 Å². The molecule has 0 saturated heterocycles. The van der Waals surface area contributed by atoms with Crippen molar-refractivity contribution in [3.8, 4) is 33.4 Å². The monoisotopic (exact) mass is 668 g/mol. The van der Waals surface area contributed by atoms with Crippen LogP contribution in [0.25, 0.3) is 106 Å². The molecule has 0 aliphatic carbocycles. The van der Waals surface area contributed by atoms with E-state index in [1.54, 1.807) is 0 Å². The largest absolute Gasteiger partial charge is 0.135 e. The minimum atomic E-state index is 1.23. The van der Waals surface area contributed by atoms with Crippen LogP contribution in [-0.4, -0.2) is 0 Å². The number of fused-ring (bicyclic) bond motifs is 10. The van der Waals surface area contributed by atoms with Crippen molar-refractivity contribution in [1.29, 1.82) is 0 Å². The van der Waals surface area contributed by atoms with Crippen LogP contribution in [0.5, 0.6) is 0 Å². The van der Waals surface area contributed by atoms with E-state index in [1.807, 2.05) is 22.7 Å². The van der Waals surface area contributed by atoms with Crippen LogP contribution in [0, 0.1) is 0 Å². The zero-order valence-electron chi connectivity index (χ0n) is 27.0. The predicted octanol–water partition coefficient (Wildman–Crippen LogP) is 14.9. The third kappa shape index (κ3) is 4.16. The van der Waals surface area contributed by atoms with Gasteiger partial charge in [-0.15, -0.1) is 22.7 Å². The van der Waals surface area contributed by atoms with E-state index in [4.69, 9.17) is 0 Å². The zero-order valence-corrected chi connectivity index (χ0v) is 28.6. The molecule has 0 aliphatic rings. The Morgan fingerprint density at radius 2 is 0.840 bits per heavy atom. The van der Waals surface area contributed by atoms with Crippen molar-refractivity contribution in [1.82, 2.24) is 0 Å². The Balaban J connectivity index is 1.11. The summed E-state index contributed by atoms with van der Waals surface area (Å²) in [5, 5.41) is 13.2.